The zero-order valence-corrected chi connectivity index (χ0v) is 17.1. The molecule has 152 valence electrons. The monoisotopic (exact) mass is 414 g/mol. The van der Waals surface area contributed by atoms with E-state index in [-0.39, 0.29) is 12.1 Å². The molecule has 0 N–H and O–H groups in total. The number of nitrogens with zero attached hydrogens (tertiary/aromatic N) is 6. The lowest BCUT2D eigenvalue weighted by Gasteiger charge is -2.55. The van der Waals surface area contributed by atoms with Crippen LogP contribution in [0.25, 0.3) is 5.65 Å². The van der Waals surface area contributed by atoms with E-state index >= 15 is 0 Å². The number of anilines is 1. The number of ether oxygens (including phenoxy) is 1. The van der Waals surface area contributed by atoms with Crippen molar-refractivity contribution in [2.45, 2.75) is 37.2 Å². The Labute approximate surface area is 169 Å². The van der Waals surface area contributed by atoms with E-state index in [9.17, 15) is 8.42 Å². The molecule has 0 radical (unpaired) electrons. The number of piperidine rings is 1. The standard InChI is InChI=1S/C19H22N6O3S/c1-3-28-17-5-4-16(8-13(17)2)29(26,27)25-14-9-15(25)11-23(10-14)19-7-6-18-21-20-12-24(18)22-19/h4-8,12,14-15H,3,9-11H2,1-2H3. The minimum Gasteiger partial charge on any atom is -0.494 e. The molecule has 0 amide bonds. The van der Waals surface area contributed by atoms with Gasteiger partial charge in [-0.15, -0.1) is 15.3 Å². The van der Waals surface area contributed by atoms with Crippen molar-refractivity contribution in [1.82, 2.24) is 24.1 Å². The Balaban J connectivity index is 1.37. The third-order valence-electron chi connectivity index (χ3n) is 5.62. The topological polar surface area (TPSA) is 92.9 Å². The van der Waals surface area contributed by atoms with E-state index in [1.807, 2.05) is 26.0 Å². The highest BCUT2D eigenvalue weighted by Gasteiger charge is 2.51. The van der Waals surface area contributed by atoms with Gasteiger partial charge in [0, 0.05) is 25.2 Å². The van der Waals surface area contributed by atoms with Crippen molar-refractivity contribution in [3.05, 3.63) is 42.2 Å². The summed E-state index contributed by atoms with van der Waals surface area (Å²) in [5.74, 6) is 1.53. The molecule has 3 saturated heterocycles. The molecular weight excluding hydrogens is 392 g/mol. The Bertz CT molecular complexity index is 1170. The highest BCUT2D eigenvalue weighted by Crippen LogP contribution is 2.39. The zero-order valence-electron chi connectivity index (χ0n) is 16.3. The zero-order chi connectivity index (χ0) is 20.2. The van der Waals surface area contributed by atoms with Crippen LogP contribution in [0.2, 0.25) is 0 Å². The highest BCUT2D eigenvalue weighted by molar-refractivity contribution is 7.89. The lowest BCUT2D eigenvalue weighted by atomic mass is 9.91. The molecular formula is C19H22N6O3S. The van der Waals surface area contributed by atoms with Gasteiger partial charge in [0.2, 0.25) is 10.0 Å². The molecule has 3 aromatic rings. The van der Waals surface area contributed by atoms with Crippen molar-refractivity contribution in [2.24, 2.45) is 0 Å². The van der Waals surface area contributed by atoms with E-state index in [4.69, 9.17) is 4.74 Å². The lowest BCUT2D eigenvalue weighted by molar-refractivity contribution is 0.0873. The van der Waals surface area contributed by atoms with E-state index in [0.29, 0.717) is 30.2 Å². The van der Waals surface area contributed by atoms with Gasteiger partial charge in [0.25, 0.3) is 0 Å². The van der Waals surface area contributed by atoms with E-state index in [1.165, 1.54) is 0 Å². The fourth-order valence-corrected chi connectivity index (χ4v) is 6.16. The number of hydrogen-bond donors (Lipinski definition) is 0. The number of aromatic nitrogens is 4. The van der Waals surface area contributed by atoms with Gasteiger partial charge in [0.15, 0.2) is 5.65 Å². The van der Waals surface area contributed by atoms with Crippen LogP contribution < -0.4 is 9.64 Å². The molecule has 5 heterocycles. The highest BCUT2D eigenvalue weighted by atomic mass is 32.2. The summed E-state index contributed by atoms with van der Waals surface area (Å²) in [6, 6.07) is 8.75. The summed E-state index contributed by atoms with van der Waals surface area (Å²) < 4.78 is 35.4. The Morgan fingerprint density at radius 2 is 1.97 bits per heavy atom. The van der Waals surface area contributed by atoms with Crippen molar-refractivity contribution in [2.75, 3.05) is 24.6 Å². The fourth-order valence-electron chi connectivity index (χ4n) is 4.26. The maximum atomic E-state index is 13.3. The van der Waals surface area contributed by atoms with Crippen LogP contribution in [0.5, 0.6) is 5.75 Å². The second-order valence-electron chi connectivity index (χ2n) is 7.47. The summed E-state index contributed by atoms with van der Waals surface area (Å²) in [4.78, 5) is 2.46. The van der Waals surface area contributed by atoms with E-state index in [0.717, 1.165) is 23.6 Å². The second kappa shape index (κ2) is 6.67. The largest absolute Gasteiger partial charge is 0.494 e. The predicted molar refractivity (Wildman–Crippen MR) is 107 cm³/mol. The molecule has 0 spiro atoms. The summed E-state index contributed by atoms with van der Waals surface area (Å²) in [6.45, 7) is 5.56. The number of rotatable bonds is 5. The number of piperazine rings is 1. The molecule has 2 atom stereocenters. The maximum Gasteiger partial charge on any atom is 0.243 e. The number of benzene rings is 1. The van der Waals surface area contributed by atoms with E-state index < -0.39 is 10.0 Å². The van der Waals surface area contributed by atoms with Crippen molar-refractivity contribution in [3.63, 3.8) is 0 Å². The van der Waals surface area contributed by atoms with Gasteiger partial charge in [-0.3, -0.25) is 0 Å². The van der Waals surface area contributed by atoms with Crippen LogP contribution >= 0.6 is 0 Å². The van der Waals surface area contributed by atoms with Gasteiger partial charge < -0.3 is 9.64 Å². The molecule has 2 unspecified atom stereocenters. The first-order valence-electron chi connectivity index (χ1n) is 9.66. The van der Waals surface area contributed by atoms with Crippen molar-refractivity contribution in [3.8, 4) is 5.75 Å². The van der Waals surface area contributed by atoms with Crippen LogP contribution in [0.3, 0.4) is 0 Å². The molecule has 3 fully saturated rings. The van der Waals surface area contributed by atoms with Gasteiger partial charge in [0.05, 0.1) is 11.5 Å². The van der Waals surface area contributed by atoms with Crippen LogP contribution in [0.15, 0.2) is 41.6 Å². The van der Waals surface area contributed by atoms with Gasteiger partial charge in [0.1, 0.15) is 17.9 Å². The van der Waals surface area contributed by atoms with E-state index in [1.54, 1.807) is 33.3 Å². The number of sulfonamides is 1. The third-order valence-corrected chi connectivity index (χ3v) is 7.62. The Morgan fingerprint density at radius 3 is 2.69 bits per heavy atom. The Morgan fingerprint density at radius 1 is 1.17 bits per heavy atom. The molecule has 3 aliphatic rings. The van der Waals surface area contributed by atoms with Crippen LogP contribution in [-0.4, -0.2) is 64.3 Å². The lowest BCUT2D eigenvalue weighted by Crippen LogP contribution is -2.70. The van der Waals surface area contributed by atoms with Gasteiger partial charge in [-0.2, -0.15) is 8.82 Å². The molecule has 2 aromatic heterocycles. The van der Waals surface area contributed by atoms with Crippen LogP contribution in [0, 0.1) is 6.92 Å². The van der Waals surface area contributed by atoms with Crippen LogP contribution in [0.4, 0.5) is 5.82 Å². The summed E-state index contributed by atoms with van der Waals surface area (Å²) in [5.41, 5.74) is 1.51. The van der Waals surface area contributed by atoms with E-state index in [2.05, 4.69) is 20.2 Å². The summed E-state index contributed by atoms with van der Waals surface area (Å²) >= 11 is 0. The number of fused-ring (bicyclic) bond motifs is 3. The number of aryl methyl sites for hydroxylation is 1. The molecule has 29 heavy (non-hydrogen) atoms. The average Bonchev–Trinajstić information content (AvgIpc) is 3.17. The minimum absolute atomic E-state index is 0.0518. The Hall–Kier alpha value is -2.72. The van der Waals surface area contributed by atoms with Gasteiger partial charge >= 0.3 is 0 Å². The van der Waals surface area contributed by atoms with Crippen LogP contribution in [0.1, 0.15) is 18.9 Å². The third kappa shape index (κ3) is 2.94. The molecule has 6 rings (SSSR count). The Kier molecular flexibility index (Phi) is 4.21. The minimum atomic E-state index is -3.54. The molecule has 3 aliphatic heterocycles. The molecule has 0 aliphatic carbocycles. The summed E-state index contributed by atoms with van der Waals surface area (Å²) in [7, 11) is -3.54. The van der Waals surface area contributed by atoms with Gasteiger partial charge in [-0.05, 0) is 56.2 Å². The molecule has 0 saturated carbocycles. The molecule has 2 bridgehead atoms. The second-order valence-corrected chi connectivity index (χ2v) is 9.31. The summed E-state index contributed by atoms with van der Waals surface area (Å²) in [6.07, 6.45) is 2.44. The SMILES string of the molecule is CCOc1ccc(S(=O)(=O)N2C3CC2CN(c2ccc4nncn4n2)C3)cc1C. The molecule has 1 aromatic carbocycles. The first-order valence-corrected chi connectivity index (χ1v) is 11.1. The van der Waals surface area contributed by atoms with Crippen molar-refractivity contribution < 1.29 is 13.2 Å². The van der Waals surface area contributed by atoms with Crippen molar-refractivity contribution >= 4 is 21.5 Å². The fraction of sp³-hybridized carbons (Fsp3) is 0.421. The average molecular weight is 414 g/mol. The van der Waals surface area contributed by atoms with Crippen molar-refractivity contribution in [1.29, 1.82) is 0 Å². The molecule has 10 heteroatoms. The van der Waals surface area contributed by atoms with Crippen LogP contribution in [-0.2, 0) is 10.0 Å². The number of hydrogen-bond acceptors (Lipinski definition) is 7. The first kappa shape index (κ1) is 18.3. The quantitative estimate of drug-likeness (QED) is 0.624. The molecule has 9 nitrogen and oxygen atoms in total. The predicted octanol–water partition coefficient (Wildman–Crippen LogP) is 1.48. The first-order chi connectivity index (χ1) is 14.0. The smallest absolute Gasteiger partial charge is 0.243 e. The maximum absolute atomic E-state index is 13.3. The van der Waals surface area contributed by atoms with Gasteiger partial charge in [-0.1, -0.05) is 0 Å². The summed E-state index contributed by atoms with van der Waals surface area (Å²) in [5, 5.41) is 12.4. The normalized spacial score (nSPS) is 21.9. The van der Waals surface area contributed by atoms with Gasteiger partial charge in [-0.25, -0.2) is 8.42 Å².